The molecule has 94 valence electrons. The van der Waals surface area contributed by atoms with E-state index in [0.717, 1.165) is 12.1 Å². The molecule has 0 fully saturated rings. The molecule has 0 atom stereocenters. The fraction of sp³-hybridized carbons (Fsp3) is 0.417. The van der Waals surface area contributed by atoms with Crippen molar-refractivity contribution in [3.63, 3.8) is 0 Å². The predicted octanol–water partition coefficient (Wildman–Crippen LogP) is 1.19. The van der Waals surface area contributed by atoms with Crippen LogP contribution in [0, 0.1) is 11.6 Å². The Balaban J connectivity index is 2.68. The average molecular weight is 242 g/mol. The van der Waals surface area contributed by atoms with Crippen molar-refractivity contribution in [1.29, 1.82) is 0 Å². The van der Waals surface area contributed by atoms with Crippen molar-refractivity contribution in [3.05, 3.63) is 35.4 Å². The Bertz CT molecular complexity index is 376. The van der Waals surface area contributed by atoms with E-state index in [0.29, 0.717) is 13.1 Å². The van der Waals surface area contributed by atoms with Crippen LogP contribution in [-0.2, 0) is 11.2 Å². The lowest BCUT2D eigenvalue weighted by Crippen LogP contribution is -2.34. The normalized spacial score (nSPS) is 10.4. The van der Waals surface area contributed by atoms with Crippen LogP contribution in [0.3, 0.4) is 0 Å². The number of carbonyl (C=O) groups excluding carboxylic acids is 1. The van der Waals surface area contributed by atoms with Crippen molar-refractivity contribution in [2.24, 2.45) is 0 Å². The lowest BCUT2D eigenvalue weighted by Gasteiger charge is -2.17. The highest BCUT2D eigenvalue weighted by atomic mass is 19.1. The zero-order valence-corrected chi connectivity index (χ0v) is 9.96. The number of likely N-dealkylation sites (N-methyl/N-ethyl adjacent to an activating group) is 2. The van der Waals surface area contributed by atoms with Crippen LogP contribution in [0.4, 0.5) is 8.78 Å². The van der Waals surface area contributed by atoms with Gasteiger partial charge < -0.3 is 10.2 Å². The summed E-state index contributed by atoms with van der Waals surface area (Å²) >= 11 is 0. The molecule has 5 heteroatoms. The molecule has 1 N–H and O–H groups in total. The molecular formula is C12H16F2N2O. The molecule has 0 aliphatic carbocycles. The molecule has 0 aliphatic heterocycles. The monoisotopic (exact) mass is 242 g/mol. The Hall–Kier alpha value is -1.49. The molecule has 0 heterocycles. The fourth-order valence-corrected chi connectivity index (χ4v) is 1.39. The quantitative estimate of drug-likeness (QED) is 0.841. The van der Waals surface area contributed by atoms with Gasteiger partial charge in [0.05, 0.1) is 6.42 Å². The highest BCUT2D eigenvalue weighted by Gasteiger charge is 2.15. The van der Waals surface area contributed by atoms with Gasteiger partial charge in [0.15, 0.2) is 0 Å². The van der Waals surface area contributed by atoms with Gasteiger partial charge in [-0.05, 0) is 19.2 Å². The first-order chi connectivity index (χ1) is 8.06. The van der Waals surface area contributed by atoms with Gasteiger partial charge in [0.2, 0.25) is 5.91 Å². The third kappa shape index (κ3) is 3.78. The molecule has 1 aromatic carbocycles. The van der Waals surface area contributed by atoms with Gasteiger partial charge in [-0.3, -0.25) is 4.79 Å². The molecule has 0 saturated heterocycles. The lowest BCUT2D eigenvalue weighted by atomic mass is 10.1. The summed E-state index contributed by atoms with van der Waals surface area (Å²) in [6.45, 7) is 1.15. The number of hydrogen-bond acceptors (Lipinski definition) is 2. The molecule has 0 spiro atoms. The smallest absolute Gasteiger partial charge is 0.226 e. The number of nitrogens with one attached hydrogen (secondary N) is 1. The Morgan fingerprint density at radius 1 is 1.35 bits per heavy atom. The van der Waals surface area contributed by atoms with E-state index in [4.69, 9.17) is 0 Å². The van der Waals surface area contributed by atoms with Gasteiger partial charge in [-0.15, -0.1) is 0 Å². The first-order valence-corrected chi connectivity index (χ1v) is 5.37. The minimum Gasteiger partial charge on any atom is -0.344 e. The summed E-state index contributed by atoms with van der Waals surface area (Å²) in [5, 5.41) is 2.90. The number of carbonyl (C=O) groups is 1. The molecule has 0 bridgehead atoms. The maximum Gasteiger partial charge on any atom is 0.226 e. The Morgan fingerprint density at radius 2 is 1.94 bits per heavy atom. The molecule has 1 rings (SSSR count). The average Bonchev–Trinajstić information content (AvgIpc) is 2.30. The largest absolute Gasteiger partial charge is 0.344 e. The number of halogens is 2. The van der Waals surface area contributed by atoms with Crippen LogP contribution < -0.4 is 5.32 Å². The number of nitrogens with zero attached hydrogens (tertiary/aromatic N) is 1. The topological polar surface area (TPSA) is 32.3 Å². The van der Waals surface area contributed by atoms with Crippen LogP contribution in [0.5, 0.6) is 0 Å². The van der Waals surface area contributed by atoms with Gasteiger partial charge in [-0.25, -0.2) is 8.78 Å². The molecule has 0 radical (unpaired) electrons. The summed E-state index contributed by atoms with van der Waals surface area (Å²) in [4.78, 5) is 13.1. The number of rotatable bonds is 5. The van der Waals surface area contributed by atoms with E-state index in [-0.39, 0.29) is 17.9 Å². The summed E-state index contributed by atoms with van der Waals surface area (Å²) in [5.41, 5.74) is -0.172. The van der Waals surface area contributed by atoms with Crippen LogP contribution in [0.2, 0.25) is 0 Å². The van der Waals surface area contributed by atoms with E-state index in [2.05, 4.69) is 5.32 Å². The second kappa shape index (κ2) is 6.30. The molecule has 0 unspecified atom stereocenters. The van der Waals surface area contributed by atoms with Gasteiger partial charge in [-0.2, -0.15) is 0 Å². The van der Waals surface area contributed by atoms with Crippen molar-refractivity contribution in [1.82, 2.24) is 10.2 Å². The van der Waals surface area contributed by atoms with Crippen LogP contribution >= 0.6 is 0 Å². The Morgan fingerprint density at radius 3 is 2.47 bits per heavy atom. The highest BCUT2D eigenvalue weighted by Crippen LogP contribution is 2.13. The number of hydrogen-bond donors (Lipinski definition) is 1. The molecule has 0 saturated carbocycles. The molecule has 1 amide bonds. The fourth-order valence-electron chi connectivity index (χ4n) is 1.39. The molecule has 1 aromatic rings. The summed E-state index contributed by atoms with van der Waals surface area (Å²) in [6.07, 6.45) is -0.251. The highest BCUT2D eigenvalue weighted by molar-refractivity contribution is 5.78. The van der Waals surface area contributed by atoms with E-state index in [1.165, 1.54) is 11.0 Å². The molecule has 0 aromatic heterocycles. The first kappa shape index (κ1) is 13.6. The second-order valence-electron chi connectivity index (χ2n) is 3.80. The molecule has 0 aliphatic rings. The van der Waals surface area contributed by atoms with Gasteiger partial charge in [0.25, 0.3) is 0 Å². The lowest BCUT2D eigenvalue weighted by molar-refractivity contribution is -0.129. The third-order valence-electron chi connectivity index (χ3n) is 2.51. The number of amides is 1. The zero-order valence-electron chi connectivity index (χ0n) is 9.96. The van der Waals surface area contributed by atoms with Gasteiger partial charge in [0.1, 0.15) is 11.6 Å². The SMILES string of the molecule is CNCCN(C)C(=O)Cc1c(F)cccc1F. The van der Waals surface area contributed by atoms with Crippen LogP contribution in [0.15, 0.2) is 18.2 Å². The van der Waals surface area contributed by atoms with Gasteiger partial charge in [-0.1, -0.05) is 6.07 Å². The van der Waals surface area contributed by atoms with E-state index in [1.807, 2.05) is 0 Å². The van der Waals surface area contributed by atoms with Crippen molar-refractivity contribution >= 4 is 5.91 Å². The van der Waals surface area contributed by atoms with E-state index in [1.54, 1.807) is 14.1 Å². The Labute approximate surface area is 99.4 Å². The molecule has 3 nitrogen and oxygen atoms in total. The van der Waals surface area contributed by atoms with Crippen LogP contribution in [-0.4, -0.2) is 38.0 Å². The van der Waals surface area contributed by atoms with Gasteiger partial charge in [0, 0.05) is 25.7 Å². The summed E-state index contributed by atoms with van der Waals surface area (Å²) < 4.78 is 26.6. The molecular weight excluding hydrogens is 226 g/mol. The third-order valence-corrected chi connectivity index (χ3v) is 2.51. The summed E-state index contributed by atoms with van der Waals surface area (Å²) in [5.74, 6) is -1.66. The summed E-state index contributed by atoms with van der Waals surface area (Å²) in [7, 11) is 3.38. The van der Waals surface area contributed by atoms with Crippen molar-refractivity contribution in [2.75, 3.05) is 27.2 Å². The maximum atomic E-state index is 13.3. The maximum absolute atomic E-state index is 13.3. The Kier molecular flexibility index (Phi) is 5.03. The van der Waals surface area contributed by atoms with Gasteiger partial charge >= 0.3 is 0 Å². The van der Waals surface area contributed by atoms with E-state index < -0.39 is 11.6 Å². The standard InChI is InChI=1S/C12H16F2N2O/c1-15-6-7-16(2)12(17)8-9-10(13)4-3-5-11(9)14/h3-5,15H,6-8H2,1-2H3. The van der Waals surface area contributed by atoms with Crippen LogP contribution in [0.25, 0.3) is 0 Å². The summed E-state index contributed by atoms with van der Waals surface area (Å²) in [6, 6.07) is 3.59. The second-order valence-corrected chi connectivity index (χ2v) is 3.80. The predicted molar refractivity (Wildman–Crippen MR) is 61.6 cm³/mol. The minimum atomic E-state index is -0.680. The minimum absolute atomic E-state index is 0.172. The molecule has 17 heavy (non-hydrogen) atoms. The van der Waals surface area contributed by atoms with E-state index >= 15 is 0 Å². The van der Waals surface area contributed by atoms with Crippen molar-refractivity contribution in [2.45, 2.75) is 6.42 Å². The van der Waals surface area contributed by atoms with Crippen molar-refractivity contribution < 1.29 is 13.6 Å². The van der Waals surface area contributed by atoms with Crippen LogP contribution in [0.1, 0.15) is 5.56 Å². The zero-order chi connectivity index (χ0) is 12.8. The van der Waals surface area contributed by atoms with Crippen molar-refractivity contribution in [3.8, 4) is 0 Å². The number of benzene rings is 1. The van der Waals surface area contributed by atoms with E-state index in [9.17, 15) is 13.6 Å². The first-order valence-electron chi connectivity index (χ1n) is 5.37.